The minimum absolute atomic E-state index is 0.311. The van der Waals surface area contributed by atoms with Gasteiger partial charge in [0.1, 0.15) is 0 Å². The molecule has 0 bridgehead atoms. The molecule has 0 aliphatic heterocycles. The molecule has 0 aromatic heterocycles. The summed E-state index contributed by atoms with van der Waals surface area (Å²) in [4.78, 5) is 0. The van der Waals surface area contributed by atoms with Gasteiger partial charge in [-0.2, -0.15) is 0 Å². The standard InChI is InChI=1S/C15H16IN/c1-15(17,13-5-3-2-4-6-13)11-12-7-9-14(16)10-8-12/h2-10H,11,17H2,1H3. The summed E-state index contributed by atoms with van der Waals surface area (Å²) in [6, 6.07) is 18.8. The minimum atomic E-state index is -0.311. The van der Waals surface area contributed by atoms with E-state index < -0.39 is 0 Å². The average molecular weight is 337 g/mol. The molecule has 1 unspecified atom stereocenters. The molecule has 0 spiro atoms. The largest absolute Gasteiger partial charge is 0.321 e. The quantitative estimate of drug-likeness (QED) is 0.849. The summed E-state index contributed by atoms with van der Waals surface area (Å²) in [5, 5.41) is 0. The smallest absolute Gasteiger partial charge is 0.0421 e. The topological polar surface area (TPSA) is 26.0 Å². The van der Waals surface area contributed by atoms with Crippen LogP contribution in [0.3, 0.4) is 0 Å². The minimum Gasteiger partial charge on any atom is -0.321 e. The zero-order valence-electron chi connectivity index (χ0n) is 9.86. The maximum Gasteiger partial charge on any atom is 0.0421 e. The fraction of sp³-hybridized carbons (Fsp3) is 0.200. The highest BCUT2D eigenvalue weighted by atomic mass is 127. The first kappa shape index (κ1) is 12.6. The number of hydrogen-bond donors (Lipinski definition) is 1. The highest BCUT2D eigenvalue weighted by molar-refractivity contribution is 14.1. The third kappa shape index (κ3) is 3.30. The molecule has 0 fully saturated rings. The summed E-state index contributed by atoms with van der Waals surface area (Å²) in [5.41, 5.74) is 8.55. The molecular weight excluding hydrogens is 321 g/mol. The summed E-state index contributed by atoms with van der Waals surface area (Å²) in [6.45, 7) is 2.08. The van der Waals surface area contributed by atoms with E-state index in [1.807, 2.05) is 18.2 Å². The third-order valence-electron chi connectivity index (χ3n) is 2.92. The van der Waals surface area contributed by atoms with E-state index in [4.69, 9.17) is 5.73 Å². The van der Waals surface area contributed by atoms with Crippen molar-refractivity contribution in [2.45, 2.75) is 18.9 Å². The van der Waals surface area contributed by atoms with Crippen molar-refractivity contribution in [3.8, 4) is 0 Å². The van der Waals surface area contributed by atoms with Gasteiger partial charge in [0.05, 0.1) is 0 Å². The first-order valence-corrected chi connectivity index (χ1v) is 6.75. The molecule has 2 N–H and O–H groups in total. The maximum atomic E-state index is 6.41. The van der Waals surface area contributed by atoms with Crippen molar-refractivity contribution in [2.24, 2.45) is 5.73 Å². The van der Waals surface area contributed by atoms with Crippen LogP contribution in [0.2, 0.25) is 0 Å². The summed E-state index contributed by atoms with van der Waals surface area (Å²) in [7, 11) is 0. The van der Waals surface area contributed by atoms with Crippen LogP contribution in [0.5, 0.6) is 0 Å². The van der Waals surface area contributed by atoms with Gasteiger partial charge in [0.2, 0.25) is 0 Å². The third-order valence-corrected chi connectivity index (χ3v) is 3.64. The number of halogens is 1. The van der Waals surface area contributed by atoms with Gasteiger partial charge in [-0.05, 0) is 59.2 Å². The van der Waals surface area contributed by atoms with E-state index in [0.717, 1.165) is 6.42 Å². The van der Waals surface area contributed by atoms with E-state index in [2.05, 4.69) is 65.9 Å². The molecule has 0 amide bonds. The Balaban J connectivity index is 2.20. The normalized spacial score (nSPS) is 14.3. The lowest BCUT2D eigenvalue weighted by Gasteiger charge is -2.25. The lowest BCUT2D eigenvalue weighted by Crippen LogP contribution is -2.35. The first-order chi connectivity index (χ1) is 8.08. The average Bonchev–Trinajstić information content (AvgIpc) is 2.33. The molecule has 2 rings (SSSR count). The van der Waals surface area contributed by atoms with Crippen LogP contribution in [0.1, 0.15) is 18.1 Å². The Morgan fingerprint density at radius 3 is 2.18 bits per heavy atom. The molecule has 0 saturated heterocycles. The van der Waals surface area contributed by atoms with Crippen molar-refractivity contribution in [3.05, 3.63) is 69.3 Å². The Labute approximate surface area is 116 Å². The highest BCUT2D eigenvalue weighted by Crippen LogP contribution is 2.22. The molecule has 88 valence electrons. The summed E-state index contributed by atoms with van der Waals surface area (Å²) in [5.74, 6) is 0. The maximum absolute atomic E-state index is 6.41. The molecule has 0 aliphatic carbocycles. The second kappa shape index (κ2) is 5.19. The molecule has 1 nitrogen and oxygen atoms in total. The van der Waals surface area contributed by atoms with Crippen molar-refractivity contribution in [2.75, 3.05) is 0 Å². The van der Waals surface area contributed by atoms with Crippen molar-refractivity contribution in [1.82, 2.24) is 0 Å². The van der Waals surface area contributed by atoms with Crippen LogP contribution in [-0.2, 0) is 12.0 Å². The van der Waals surface area contributed by atoms with Crippen LogP contribution in [-0.4, -0.2) is 0 Å². The molecule has 0 saturated carbocycles. The Morgan fingerprint density at radius 1 is 1.00 bits per heavy atom. The predicted molar refractivity (Wildman–Crippen MR) is 80.8 cm³/mol. The van der Waals surface area contributed by atoms with Gasteiger partial charge in [-0.3, -0.25) is 0 Å². The highest BCUT2D eigenvalue weighted by Gasteiger charge is 2.21. The SMILES string of the molecule is CC(N)(Cc1ccc(I)cc1)c1ccccc1. The Bertz CT molecular complexity index is 474. The van der Waals surface area contributed by atoms with Gasteiger partial charge in [0.15, 0.2) is 0 Å². The zero-order valence-corrected chi connectivity index (χ0v) is 12.0. The molecule has 1 atom stereocenters. The van der Waals surface area contributed by atoms with Gasteiger partial charge < -0.3 is 5.73 Å². The van der Waals surface area contributed by atoms with E-state index in [1.165, 1.54) is 14.7 Å². The Hall–Kier alpha value is -0.870. The lowest BCUT2D eigenvalue weighted by atomic mass is 9.87. The fourth-order valence-corrected chi connectivity index (χ4v) is 2.31. The molecule has 0 radical (unpaired) electrons. The van der Waals surface area contributed by atoms with Crippen molar-refractivity contribution >= 4 is 22.6 Å². The van der Waals surface area contributed by atoms with E-state index in [-0.39, 0.29) is 5.54 Å². The second-order valence-electron chi connectivity index (χ2n) is 4.59. The van der Waals surface area contributed by atoms with E-state index in [0.29, 0.717) is 0 Å². The van der Waals surface area contributed by atoms with Gasteiger partial charge in [-0.15, -0.1) is 0 Å². The molecule has 2 aromatic carbocycles. The first-order valence-electron chi connectivity index (χ1n) is 5.67. The molecule has 2 heteroatoms. The van der Waals surface area contributed by atoms with Gasteiger partial charge in [0.25, 0.3) is 0 Å². The van der Waals surface area contributed by atoms with Crippen LogP contribution >= 0.6 is 22.6 Å². The van der Waals surface area contributed by atoms with E-state index in [9.17, 15) is 0 Å². The van der Waals surface area contributed by atoms with Crippen molar-refractivity contribution in [1.29, 1.82) is 0 Å². The van der Waals surface area contributed by atoms with E-state index >= 15 is 0 Å². The van der Waals surface area contributed by atoms with Crippen molar-refractivity contribution in [3.63, 3.8) is 0 Å². The fourth-order valence-electron chi connectivity index (χ4n) is 1.95. The number of hydrogen-bond acceptors (Lipinski definition) is 1. The molecule has 0 aliphatic rings. The van der Waals surface area contributed by atoms with Crippen LogP contribution in [0.15, 0.2) is 54.6 Å². The van der Waals surface area contributed by atoms with Crippen LogP contribution < -0.4 is 5.73 Å². The number of rotatable bonds is 3. The molecule has 2 aromatic rings. The van der Waals surface area contributed by atoms with Crippen LogP contribution in [0.25, 0.3) is 0 Å². The van der Waals surface area contributed by atoms with Gasteiger partial charge in [0, 0.05) is 9.11 Å². The Morgan fingerprint density at radius 2 is 1.59 bits per heavy atom. The number of nitrogens with two attached hydrogens (primary N) is 1. The van der Waals surface area contributed by atoms with Gasteiger partial charge in [-0.1, -0.05) is 42.5 Å². The molecule has 17 heavy (non-hydrogen) atoms. The Kier molecular flexibility index (Phi) is 3.84. The van der Waals surface area contributed by atoms with Gasteiger partial charge in [-0.25, -0.2) is 0 Å². The second-order valence-corrected chi connectivity index (χ2v) is 5.83. The zero-order chi connectivity index (χ0) is 12.3. The van der Waals surface area contributed by atoms with Crippen LogP contribution in [0, 0.1) is 3.57 Å². The molecular formula is C15H16IN. The number of benzene rings is 2. The lowest BCUT2D eigenvalue weighted by molar-refractivity contribution is 0.491. The summed E-state index contributed by atoms with van der Waals surface area (Å²) < 4.78 is 1.25. The molecule has 0 heterocycles. The van der Waals surface area contributed by atoms with E-state index in [1.54, 1.807) is 0 Å². The van der Waals surface area contributed by atoms with Gasteiger partial charge >= 0.3 is 0 Å². The summed E-state index contributed by atoms with van der Waals surface area (Å²) in [6.07, 6.45) is 0.855. The predicted octanol–water partition coefficient (Wildman–Crippen LogP) is 3.71. The van der Waals surface area contributed by atoms with Crippen molar-refractivity contribution < 1.29 is 0 Å². The summed E-state index contributed by atoms with van der Waals surface area (Å²) >= 11 is 2.31. The van der Waals surface area contributed by atoms with Crippen LogP contribution in [0.4, 0.5) is 0 Å². The monoisotopic (exact) mass is 337 g/mol.